The number of nitrogens with one attached hydrogen (secondary N) is 2. The summed E-state index contributed by atoms with van der Waals surface area (Å²) < 4.78 is 17.3. The van der Waals surface area contributed by atoms with Crippen LogP contribution in [0.5, 0.6) is 0 Å². The van der Waals surface area contributed by atoms with Crippen LogP contribution in [-0.4, -0.2) is 69.5 Å². The minimum absolute atomic E-state index is 0.0979. The van der Waals surface area contributed by atoms with Gasteiger partial charge in [0.05, 0.1) is 24.9 Å². The van der Waals surface area contributed by atoms with Crippen molar-refractivity contribution in [3.8, 4) is 0 Å². The molecule has 2 aliphatic heterocycles. The highest BCUT2D eigenvalue weighted by Crippen LogP contribution is 2.24. The molecule has 0 saturated carbocycles. The van der Waals surface area contributed by atoms with Gasteiger partial charge in [0.1, 0.15) is 11.5 Å². The number of aryl methyl sites for hydroxylation is 1. The van der Waals surface area contributed by atoms with E-state index in [1.165, 1.54) is 0 Å². The monoisotopic (exact) mass is 364 g/mol. The maximum Gasteiger partial charge on any atom is 0.191 e. The molecule has 26 heavy (non-hydrogen) atoms. The van der Waals surface area contributed by atoms with E-state index in [9.17, 15) is 0 Å². The van der Waals surface area contributed by atoms with E-state index in [2.05, 4.69) is 33.5 Å². The van der Waals surface area contributed by atoms with Crippen LogP contribution in [0, 0.1) is 6.92 Å². The number of morpholine rings is 1. The average molecular weight is 364 g/mol. The first-order valence-corrected chi connectivity index (χ1v) is 9.56. The van der Waals surface area contributed by atoms with Crippen LogP contribution >= 0.6 is 0 Å². The van der Waals surface area contributed by atoms with Gasteiger partial charge in [-0.3, -0.25) is 9.89 Å². The molecule has 0 spiro atoms. The summed E-state index contributed by atoms with van der Waals surface area (Å²) in [6.45, 7) is 9.81. The smallest absolute Gasteiger partial charge is 0.191 e. The zero-order valence-electron chi connectivity index (χ0n) is 16.2. The molecule has 0 bridgehead atoms. The lowest BCUT2D eigenvalue weighted by atomic mass is 10.0. The Morgan fingerprint density at radius 1 is 1.27 bits per heavy atom. The first kappa shape index (κ1) is 19.2. The van der Waals surface area contributed by atoms with E-state index in [4.69, 9.17) is 13.9 Å². The van der Waals surface area contributed by atoms with Gasteiger partial charge in [-0.2, -0.15) is 0 Å². The largest absolute Gasteiger partial charge is 0.465 e. The van der Waals surface area contributed by atoms with Gasteiger partial charge in [0.25, 0.3) is 0 Å². The number of nitrogens with zero attached hydrogens (tertiary/aromatic N) is 2. The number of ether oxygens (including phenoxy) is 2. The van der Waals surface area contributed by atoms with E-state index in [1.54, 1.807) is 7.05 Å². The molecule has 7 heteroatoms. The zero-order chi connectivity index (χ0) is 18.4. The summed E-state index contributed by atoms with van der Waals surface area (Å²) in [5.41, 5.74) is -0.0979. The number of guanidine groups is 1. The van der Waals surface area contributed by atoms with Crippen LogP contribution in [0.4, 0.5) is 0 Å². The summed E-state index contributed by atoms with van der Waals surface area (Å²) in [5, 5.41) is 6.86. The third-order valence-electron chi connectivity index (χ3n) is 5.19. The van der Waals surface area contributed by atoms with Crippen LogP contribution in [0.15, 0.2) is 21.5 Å². The second-order valence-electron chi connectivity index (χ2n) is 7.32. The lowest BCUT2D eigenvalue weighted by Gasteiger charge is -2.34. The fourth-order valence-corrected chi connectivity index (χ4v) is 3.59. The van der Waals surface area contributed by atoms with Gasteiger partial charge < -0.3 is 24.5 Å². The Balaban J connectivity index is 1.58. The molecule has 1 aromatic rings. The molecule has 7 nitrogen and oxygen atoms in total. The summed E-state index contributed by atoms with van der Waals surface area (Å²) in [6.07, 6.45) is 2.21. The first-order valence-electron chi connectivity index (χ1n) is 9.56. The van der Waals surface area contributed by atoms with E-state index in [-0.39, 0.29) is 11.6 Å². The molecular formula is C19H32N4O3. The third kappa shape index (κ3) is 4.99. The molecule has 0 aliphatic carbocycles. The summed E-state index contributed by atoms with van der Waals surface area (Å²) in [5.74, 6) is 2.72. The van der Waals surface area contributed by atoms with Gasteiger partial charge in [0, 0.05) is 39.8 Å². The number of aliphatic imine (C=N–C) groups is 1. The number of hydrogen-bond donors (Lipinski definition) is 2. The average Bonchev–Trinajstić information content (AvgIpc) is 3.28. The maximum atomic E-state index is 5.92. The van der Waals surface area contributed by atoms with Gasteiger partial charge in [-0.1, -0.05) is 0 Å². The normalized spacial score (nSPS) is 26.0. The molecule has 0 aromatic carbocycles. The lowest BCUT2D eigenvalue weighted by molar-refractivity contribution is 0.0122. The van der Waals surface area contributed by atoms with Crippen LogP contribution in [-0.2, 0) is 9.47 Å². The molecule has 2 fully saturated rings. The van der Waals surface area contributed by atoms with Gasteiger partial charge in [0.2, 0.25) is 0 Å². The standard InChI is InChI=1S/C19H32N4O3/c1-15-5-6-17(26-15)16(23-8-11-24-12-9-23)13-21-18(20-3)22-14-19(2)7-4-10-25-19/h5-6,16H,4,7-14H2,1-3H3,(H2,20,21,22). The van der Waals surface area contributed by atoms with Crippen LogP contribution in [0.2, 0.25) is 0 Å². The number of rotatable bonds is 6. The van der Waals surface area contributed by atoms with Gasteiger partial charge in [-0.05, 0) is 38.8 Å². The molecular weight excluding hydrogens is 332 g/mol. The molecule has 2 atom stereocenters. The Hall–Kier alpha value is -1.57. The molecule has 2 unspecified atom stereocenters. The van der Waals surface area contributed by atoms with E-state index in [0.717, 1.165) is 76.3 Å². The SMILES string of the molecule is CN=C(NCC(c1ccc(C)o1)N1CCOCC1)NCC1(C)CCCO1. The number of hydrogen-bond acceptors (Lipinski definition) is 5. The molecule has 1 aromatic heterocycles. The van der Waals surface area contributed by atoms with Gasteiger partial charge in [-0.25, -0.2) is 0 Å². The van der Waals surface area contributed by atoms with Crippen molar-refractivity contribution in [1.29, 1.82) is 0 Å². The molecule has 146 valence electrons. The van der Waals surface area contributed by atoms with Crippen molar-refractivity contribution >= 4 is 5.96 Å². The van der Waals surface area contributed by atoms with Crippen molar-refractivity contribution in [2.24, 2.45) is 4.99 Å². The molecule has 2 N–H and O–H groups in total. The Bertz CT molecular complexity index is 589. The minimum atomic E-state index is -0.0979. The van der Waals surface area contributed by atoms with E-state index in [0.29, 0.717) is 0 Å². The fraction of sp³-hybridized carbons (Fsp3) is 0.737. The van der Waals surface area contributed by atoms with E-state index < -0.39 is 0 Å². The predicted octanol–water partition coefficient (Wildman–Crippen LogP) is 1.70. The van der Waals surface area contributed by atoms with Crippen LogP contribution in [0.3, 0.4) is 0 Å². The highest BCUT2D eigenvalue weighted by molar-refractivity contribution is 5.79. The second kappa shape index (κ2) is 8.88. The predicted molar refractivity (Wildman–Crippen MR) is 102 cm³/mol. The summed E-state index contributed by atoms with van der Waals surface area (Å²) >= 11 is 0. The second-order valence-corrected chi connectivity index (χ2v) is 7.32. The fourth-order valence-electron chi connectivity index (χ4n) is 3.59. The molecule has 0 amide bonds. The maximum absolute atomic E-state index is 5.92. The van der Waals surface area contributed by atoms with Crippen molar-refractivity contribution in [3.63, 3.8) is 0 Å². The molecule has 2 aliphatic rings. The quantitative estimate of drug-likeness (QED) is 0.591. The van der Waals surface area contributed by atoms with Crippen molar-refractivity contribution in [2.45, 2.75) is 38.3 Å². The summed E-state index contributed by atoms with van der Waals surface area (Å²) in [6, 6.07) is 4.25. The van der Waals surface area contributed by atoms with Gasteiger partial charge in [0.15, 0.2) is 5.96 Å². The molecule has 3 rings (SSSR count). The van der Waals surface area contributed by atoms with Gasteiger partial charge in [-0.15, -0.1) is 0 Å². The van der Waals surface area contributed by atoms with Crippen LogP contribution < -0.4 is 10.6 Å². The molecule has 3 heterocycles. The Morgan fingerprint density at radius 3 is 2.69 bits per heavy atom. The van der Waals surface area contributed by atoms with Gasteiger partial charge >= 0.3 is 0 Å². The zero-order valence-corrected chi connectivity index (χ0v) is 16.2. The summed E-state index contributed by atoms with van der Waals surface area (Å²) in [7, 11) is 1.80. The van der Waals surface area contributed by atoms with E-state index >= 15 is 0 Å². The van der Waals surface area contributed by atoms with Crippen molar-refractivity contribution in [1.82, 2.24) is 15.5 Å². The molecule has 2 saturated heterocycles. The Kier molecular flexibility index (Phi) is 6.56. The first-order chi connectivity index (χ1) is 12.6. The van der Waals surface area contributed by atoms with Crippen molar-refractivity contribution in [3.05, 3.63) is 23.7 Å². The number of furan rings is 1. The van der Waals surface area contributed by atoms with Crippen molar-refractivity contribution < 1.29 is 13.9 Å². The topological polar surface area (TPSA) is 71.3 Å². The Labute approximate surface area is 156 Å². The third-order valence-corrected chi connectivity index (χ3v) is 5.19. The van der Waals surface area contributed by atoms with Crippen LogP contribution in [0.1, 0.15) is 37.3 Å². The van der Waals surface area contributed by atoms with E-state index in [1.807, 2.05) is 13.0 Å². The minimum Gasteiger partial charge on any atom is -0.465 e. The summed E-state index contributed by atoms with van der Waals surface area (Å²) in [4.78, 5) is 6.77. The van der Waals surface area contributed by atoms with Crippen LogP contribution in [0.25, 0.3) is 0 Å². The lowest BCUT2D eigenvalue weighted by Crippen LogP contribution is -2.49. The molecule has 0 radical (unpaired) electrons. The van der Waals surface area contributed by atoms with Crippen molar-refractivity contribution in [2.75, 3.05) is 53.0 Å². The Morgan fingerprint density at radius 2 is 2.08 bits per heavy atom. The highest BCUT2D eigenvalue weighted by atomic mass is 16.5. The highest BCUT2D eigenvalue weighted by Gasteiger charge is 2.30.